The molecule has 0 radical (unpaired) electrons. The monoisotopic (exact) mass is 260 g/mol. The molecule has 2 aliphatic heterocycles. The average molecular weight is 260 g/mol. The molecule has 0 aromatic rings. The Bertz CT molecular complexity index is 394. The Morgan fingerprint density at radius 1 is 1.35 bits per heavy atom. The summed E-state index contributed by atoms with van der Waals surface area (Å²) < 4.78 is 22.6. The standard InChI is InChI=1S/C11H20N2O3S/c1-9-3-2-5-13(7-9)11(14)12-10-4-6-17(15,16)8-10/h9-10H,2-8H2,1H3,(H,12,14). The predicted octanol–water partition coefficient (Wildman–Crippen LogP) is 0.615. The number of carbonyl (C=O) groups excluding carboxylic acids is 1. The van der Waals surface area contributed by atoms with Crippen molar-refractivity contribution in [2.24, 2.45) is 5.92 Å². The average Bonchev–Trinajstić information content (AvgIpc) is 2.58. The van der Waals surface area contributed by atoms with E-state index in [9.17, 15) is 13.2 Å². The van der Waals surface area contributed by atoms with E-state index in [4.69, 9.17) is 0 Å². The molecule has 5 nitrogen and oxygen atoms in total. The van der Waals surface area contributed by atoms with Gasteiger partial charge in [-0.3, -0.25) is 0 Å². The minimum absolute atomic E-state index is 0.0985. The summed E-state index contributed by atoms with van der Waals surface area (Å²) in [5.74, 6) is 0.845. The van der Waals surface area contributed by atoms with Gasteiger partial charge >= 0.3 is 6.03 Å². The summed E-state index contributed by atoms with van der Waals surface area (Å²) in [5.41, 5.74) is 0. The van der Waals surface area contributed by atoms with Crippen LogP contribution in [0, 0.1) is 5.92 Å². The van der Waals surface area contributed by atoms with Gasteiger partial charge in [-0.15, -0.1) is 0 Å². The quantitative estimate of drug-likeness (QED) is 0.751. The highest BCUT2D eigenvalue weighted by Gasteiger charge is 2.30. The molecule has 0 saturated carbocycles. The number of nitrogens with one attached hydrogen (secondary N) is 1. The van der Waals surface area contributed by atoms with E-state index in [1.54, 1.807) is 4.90 Å². The van der Waals surface area contributed by atoms with Crippen molar-refractivity contribution in [2.45, 2.75) is 32.2 Å². The molecule has 2 rings (SSSR count). The Balaban J connectivity index is 1.85. The lowest BCUT2D eigenvalue weighted by molar-refractivity contribution is 0.167. The SMILES string of the molecule is CC1CCCN(C(=O)NC2CCS(=O)(=O)C2)C1. The molecular formula is C11H20N2O3S. The zero-order chi connectivity index (χ0) is 12.5. The summed E-state index contributed by atoms with van der Waals surface area (Å²) in [6.07, 6.45) is 2.76. The van der Waals surface area contributed by atoms with Crippen molar-refractivity contribution in [3.63, 3.8) is 0 Å². The molecule has 0 aliphatic carbocycles. The molecule has 2 saturated heterocycles. The predicted molar refractivity (Wildman–Crippen MR) is 65.6 cm³/mol. The molecule has 2 amide bonds. The maximum absolute atomic E-state index is 11.9. The molecule has 2 atom stereocenters. The number of hydrogen-bond acceptors (Lipinski definition) is 3. The van der Waals surface area contributed by atoms with Gasteiger partial charge in [-0.25, -0.2) is 13.2 Å². The molecule has 0 aromatic heterocycles. The van der Waals surface area contributed by atoms with E-state index in [1.165, 1.54) is 6.42 Å². The van der Waals surface area contributed by atoms with E-state index in [1.807, 2.05) is 0 Å². The zero-order valence-electron chi connectivity index (χ0n) is 10.2. The second kappa shape index (κ2) is 4.84. The second-order valence-corrected chi connectivity index (χ2v) is 7.47. The lowest BCUT2D eigenvalue weighted by Gasteiger charge is -2.31. The van der Waals surface area contributed by atoms with E-state index >= 15 is 0 Å². The molecule has 0 bridgehead atoms. The lowest BCUT2D eigenvalue weighted by atomic mass is 10.0. The third-order valence-electron chi connectivity index (χ3n) is 3.50. The third-order valence-corrected chi connectivity index (χ3v) is 5.27. The second-order valence-electron chi connectivity index (χ2n) is 5.24. The number of hydrogen-bond donors (Lipinski definition) is 1. The number of urea groups is 1. The highest BCUT2D eigenvalue weighted by molar-refractivity contribution is 7.91. The number of nitrogens with zero attached hydrogens (tertiary/aromatic N) is 1. The maximum atomic E-state index is 11.9. The van der Waals surface area contributed by atoms with Crippen molar-refractivity contribution in [1.29, 1.82) is 0 Å². The van der Waals surface area contributed by atoms with Gasteiger partial charge in [0.1, 0.15) is 0 Å². The van der Waals surface area contributed by atoms with Crippen LogP contribution in [0.25, 0.3) is 0 Å². The summed E-state index contributed by atoms with van der Waals surface area (Å²) in [6, 6.07) is -0.289. The van der Waals surface area contributed by atoms with Crippen LogP contribution in [-0.4, -0.2) is 50.0 Å². The summed E-state index contributed by atoms with van der Waals surface area (Å²) in [5, 5.41) is 2.83. The van der Waals surface area contributed by atoms with Gasteiger partial charge in [0.15, 0.2) is 9.84 Å². The molecule has 98 valence electrons. The Morgan fingerprint density at radius 2 is 2.12 bits per heavy atom. The van der Waals surface area contributed by atoms with Crippen LogP contribution in [0.2, 0.25) is 0 Å². The van der Waals surface area contributed by atoms with Gasteiger partial charge < -0.3 is 10.2 Å². The Hall–Kier alpha value is -0.780. The van der Waals surface area contributed by atoms with Crippen molar-refractivity contribution in [1.82, 2.24) is 10.2 Å². The largest absolute Gasteiger partial charge is 0.334 e. The number of sulfone groups is 1. The van der Waals surface area contributed by atoms with E-state index in [-0.39, 0.29) is 23.6 Å². The summed E-state index contributed by atoms with van der Waals surface area (Å²) in [7, 11) is -2.92. The van der Waals surface area contributed by atoms with Crippen LogP contribution in [-0.2, 0) is 9.84 Å². The summed E-state index contributed by atoms with van der Waals surface area (Å²) >= 11 is 0. The summed E-state index contributed by atoms with van der Waals surface area (Å²) in [6.45, 7) is 3.71. The van der Waals surface area contributed by atoms with Crippen LogP contribution in [0.4, 0.5) is 4.79 Å². The first-order valence-corrected chi connectivity index (χ1v) is 8.04. The number of amides is 2. The topological polar surface area (TPSA) is 66.5 Å². The first kappa shape index (κ1) is 12.7. The van der Waals surface area contributed by atoms with Gasteiger partial charge in [0, 0.05) is 19.1 Å². The zero-order valence-corrected chi connectivity index (χ0v) is 11.0. The number of carbonyl (C=O) groups is 1. The van der Waals surface area contributed by atoms with Crippen LogP contribution in [0.15, 0.2) is 0 Å². The van der Waals surface area contributed by atoms with Crippen molar-refractivity contribution >= 4 is 15.9 Å². The lowest BCUT2D eigenvalue weighted by Crippen LogP contribution is -2.48. The Kier molecular flexibility index (Phi) is 3.61. The fourth-order valence-corrected chi connectivity index (χ4v) is 4.22. The molecule has 1 N–H and O–H groups in total. The van der Waals surface area contributed by atoms with E-state index in [2.05, 4.69) is 12.2 Å². The van der Waals surface area contributed by atoms with Crippen molar-refractivity contribution < 1.29 is 13.2 Å². The molecule has 2 fully saturated rings. The highest BCUT2D eigenvalue weighted by atomic mass is 32.2. The highest BCUT2D eigenvalue weighted by Crippen LogP contribution is 2.16. The van der Waals surface area contributed by atoms with Crippen molar-refractivity contribution in [3.8, 4) is 0 Å². The number of piperidine rings is 1. The van der Waals surface area contributed by atoms with Crippen LogP contribution in [0.1, 0.15) is 26.2 Å². The Labute approximate surface area is 102 Å². The van der Waals surface area contributed by atoms with Crippen molar-refractivity contribution in [2.75, 3.05) is 24.6 Å². The van der Waals surface area contributed by atoms with E-state index in [0.29, 0.717) is 12.3 Å². The van der Waals surface area contributed by atoms with Crippen LogP contribution in [0.5, 0.6) is 0 Å². The smallest absolute Gasteiger partial charge is 0.317 e. The molecular weight excluding hydrogens is 240 g/mol. The molecule has 6 heteroatoms. The van der Waals surface area contributed by atoms with Crippen molar-refractivity contribution in [3.05, 3.63) is 0 Å². The van der Waals surface area contributed by atoms with Crippen LogP contribution in [0.3, 0.4) is 0 Å². The van der Waals surface area contributed by atoms with Crippen LogP contribution >= 0.6 is 0 Å². The van der Waals surface area contributed by atoms with Gasteiger partial charge in [-0.2, -0.15) is 0 Å². The molecule has 2 heterocycles. The molecule has 17 heavy (non-hydrogen) atoms. The minimum Gasteiger partial charge on any atom is -0.334 e. The molecule has 2 unspecified atom stereocenters. The van der Waals surface area contributed by atoms with Gasteiger partial charge in [0.2, 0.25) is 0 Å². The normalized spacial score (nSPS) is 32.4. The minimum atomic E-state index is -2.92. The van der Waals surface area contributed by atoms with E-state index in [0.717, 1.165) is 19.5 Å². The van der Waals surface area contributed by atoms with E-state index < -0.39 is 9.84 Å². The van der Waals surface area contributed by atoms with Crippen LogP contribution < -0.4 is 5.32 Å². The maximum Gasteiger partial charge on any atom is 0.317 e. The first-order valence-electron chi connectivity index (χ1n) is 6.22. The van der Waals surface area contributed by atoms with Gasteiger partial charge in [0.25, 0.3) is 0 Å². The van der Waals surface area contributed by atoms with Gasteiger partial charge in [-0.05, 0) is 25.2 Å². The third kappa shape index (κ3) is 3.34. The first-order chi connectivity index (χ1) is 7.96. The number of likely N-dealkylation sites (tertiary alicyclic amines) is 1. The molecule has 0 spiro atoms. The molecule has 2 aliphatic rings. The molecule has 0 aromatic carbocycles. The fraction of sp³-hybridized carbons (Fsp3) is 0.909. The number of rotatable bonds is 1. The Morgan fingerprint density at radius 3 is 2.71 bits per heavy atom. The van der Waals surface area contributed by atoms with Gasteiger partial charge in [-0.1, -0.05) is 6.92 Å². The summed E-state index contributed by atoms with van der Waals surface area (Å²) in [4.78, 5) is 13.7. The van der Waals surface area contributed by atoms with Gasteiger partial charge in [0.05, 0.1) is 11.5 Å². The fourth-order valence-electron chi connectivity index (χ4n) is 2.55.